The molecule has 1 N–H and O–H groups in total. The Kier molecular flexibility index (Phi) is 5.29. The van der Waals surface area contributed by atoms with E-state index in [9.17, 15) is 22.8 Å². The molecular weight excluding hydrogens is 389 g/mol. The number of nitrogens with one attached hydrogen (secondary N) is 1. The quantitative estimate of drug-likeness (QED) is 0.770. The van der Waals surface area contributed by atoms with Crippen molar-refractivity contribution in [2.24, 2.45) is 7.05 Å². The van der Waals surface area contributed by atoms with Crippen molar-refractivity contribution in [1.82, 2.24) is 14.7 Å². The van der Waals surface area contributed by atoms with Crippen molar-refractivity contribution >= 4 is 17.7 Å². The van der Waals surface area contributed by atoms with Gasteiger partial charge < -0.3 is 15.0 Å². The van der Waals surface area contributed by atoms with Crippen LogP contribution < -0.4 is 5.32 Å². The van der Waals surface area contributed by atoms with Crippen molar-refractivity contribution < 1.29 is 27.5 Å². The van der Waals surface area contributed by atoms with Crippen LogP contribution in [-0.4, -0.2) is 38.8 Å². The number of carbonyl (C=O) groups is 2. The van der Waals surface area contributed by atoms with E-state index in [2.05, 4.69) is 10.4 Å². The van der Waals surface area contributed by atoms with Gasteiger partial charge in [-0.25, -0.2) is 18.0 Å². The second-order valence-electron chi connectivity index (χ2n) is 7.73. The van der Waals surface area contributed by atoms with Crippen LogP contribution in [0.2, 0.25) is 0 Å². The first kappa shape index (κ1) is 20.7. The maximum Gasteiger partial charge on any atom is 0.410 e. The third-order valence-corrected chi connectivity index (χ3v) is 4.39. The largest absolute Gasteiger partial charge is 0.444 e. The Morgan fingerprint density at radius 2 is 1.86 bits per heavy atom. The maximum atomic E-state index is 13.9. The van der Waals surface area contributed by atoms with Gasteiger partial charge in [0.05, 0.1) is 12.2 Å². The van der Waals surface area contributed by atoms with Gasteiger partial charge in [-0.1, -0.05) is 0 Å². The Morgan fingerprint density at radius 1 is 1.17 bits per heavy atom. The lowest BCUT2D eigenvalue weighted by molar-refractivity contribution is 0.0222. The van der Waals surface area contributed by atoms with Crippen molar-refractivity contribution in [2.75, 3.05) is 11.9 Å². The fourth-order valence-electron chi connectivity index (χ4n) is 3.06. The number of benzene rings is 1. The summed E-state index contributed by atoms with van der Waals surface area (Å²) in [6, 6.07) is 1.64. The Morgan fingerprint density at radius 3 is 2.52 bits per heavy atom. The SMILES string of the molecule is Cn1nc(C(=O)Nc2ccc(F)c(F)c2F)c2c1CCN(C(=O)OC(C)(C)C)C2. The molecule has 0 fully saturated rings. The highest BCUT2D eigenvalue weighted by molar-refractivity contribution is 6.04. The van der Waals surface area contributed by atoms with Gasteiger partial charge in [-0.15, -0.1) is 0 Å². The zero-order chi connectivity index (χ0) is 21.5. The van der Waals surface area contributed by atoms with E-state index in [1.807, 2.05) is 0 Å². The molecule has 29 heavy (non-hydrogen) atoms. The van der Waals surface area contributed by atoms with E-state index in [1.165, 1.54) is 9.58 Å². The number of aryl methyl sites for hydroxylation is 1. The van der Waals surface area contributed by atoms with E-state index in [-0.39, 0.29) is 12.2 Å². The minimum Gasteiger partial charge on any atom is -0.444 e. The van der Waals surface area contributed by atoms with Crippen LogP contribution in [0, 0.1) is 17.5 Å². The van der Waals surface area contributed by atoms with Crippen LogP contribution in [0.4, 0.5) is 23.7 Å². The summed E-state index contributed by atoms with van der Waals surface area (Å²) in [5, 5.41) is 6.37. The number of anilines is 1. The molecule has 0 bridgehead atoms. The molecule has 1 aromatic heterocycles. The molecule has 1 aliphatic rings. The predicted molar refractivity (Wildman–Crippen MR) is 97.8 cm³/mol. The summed E-state index contributed by atoms with van der Waals surface area (Å²) >= 11 is 0. The summed E-state index contributed by atoms with van der Waals surface area (Å²) in [6.07, 6.45) is -0.0738. The van der Waals surface area contributed by atoms with E-state index in [1.54, 1.807) is 27.8 Å². The van der Waals surface area contributed by atoms with Gasteiger partial charge in [0.15, 0.2) is 23.1 Å². The van der Waals surface area contributed by atoms with E-state index in [4.69, 9.17) is 4.74 Å². The normalized spacial score (nSPS) is 13.8. The number of rotatable bonds is 2. The zero-order valence-electron chi connectivity index (χ0n) is 16.5. The molecule has 0 spiro atoms. The number of ether oxygens (including phenoxy) is 1. The molecule has 1 aliphatic heterocycles. The Labute approximate surface area is 165 Å². The molecule has 1 aromatic carbocycles. The van der Waals surface area contributed by atoms with Gasteiger partial charge in [-0.05, 0) is 32.9 Å². The van der Waals surface area contributed by atoms with Crippen LogP contribution >= 0.6 is 0 Å². The Balaban J connectivity index is 1.85. The molecule has 2 amide bonds. The van der Waals surface area contributed by atoms with Crippen molar-refractivity contribution in [3.63, 3.8) is 0 Å². The van der Waals surface area contributed by atoms with Gasteiger partial charge in [0.2, 0.25) is 0 Å². The summed E-state index contributed by atoms with van der Waals surface area (Å²) in [4.78, 5) is 26.5. The standard InChI is InChI=1S/C19H21F3N4O3/c1-19(2,3)29-18(28)26-8-7-13-10(9-26)16(24-25(13)4)17(27)23-12-6-5-11(20)14(21)15(12)22/h5-6H,7-9H2,1-4H3,(H,23,27). The van der Waals surface area contributed by atoms with Crippen LogP contribution in [-0.2, 0) is 24.8 Å². The van der Waals surface area contributed by atoms with Gasteiger partial charge in [0.25, 0.3) is 5.91 Å². The lowest BCUT2D eigenvalue weighted by Crippen LogP contribution is -2.40. The fourth-order valence-corrected chi connectivity index (χ4v) is 3.06. The minimum absolute atomic E-state index is 0.0279. The summed E-state index contributed by atoms with van der Waals surface area (Å²) in [7, 11) is 1.65. The van der Waals surface area contributed by atoms with Crippen LogP contribution in [0.1, 0.15) is 42.5 Å². The third-order valence-electron chi connectivity index (χ3n) is 4.39. The lowest BCUT2D eigenvalue weighted by Gasteiger charge is -2.30. The number of hydrogen-bond donors (Lipinski definition) is 1. The molecule has 2 aromatic rings. The average molecular weight is 410 g/mol. The second-order valence-corrected chi connectivity index (χ2v) is 7.73. The molecule has 2 heterocycles. The maximum absolute atomic E-state index is 13.9. The molecule has 0 atom stereocenters. The van der Waals surface area contributed by atoms with Crippen LogP contribution in [0.25, 0.3) is 0 Å². The highest BCUT2D eigenvalue weighted by atomic mass is 19.2. The second kappa shape index (κ2) is 7.41. The Hall–Kier alpha value is -3.04. The number of fused-ring (bicyclic) bond motifs is 1. The first-order valence-electron chi connectivity index (χ1n) is 8.95. The first-order chi connectivity index (χ1) is 13.5. The summed E-state index contributed by atoms with van der Waals surface area (Å²) in [5.41, 5.74) is 0.0373. The summed E-state index contributed by atoms with van der Waals surface area (Å²) < 4.78 is 47.3. The predicted octanol–water partition coefficient (Wildman–Crippen LogP) is 3.38. The summed E-state index contributed by atoms with van der Waals surface area (Å²) in [5.74, 6) is -5.33. The average Bonchev–Trinajstić information content (AvgIpc) is 2.97. The van der Waals surface area contributed by atoms with Crippen molar-refractivity contribution in [3.05, 3.63) is 46.5 Å². The highest BCUT2D eigenvalue weighted by Gasteiger charge is 2.32. The minimum atomic E-state index is -1.68. The molecule has 7 nitrogen and oxygen atoms in total. The lowest BCUT2D eigenvalue weighted by atomic mass is 10.0. The molecule has 0 unspecified atom stereocenters. The smallest absolute Gasteiger partial charge is 0.410 e. The van der Waals surface area contributed by atoms with E-state index in [0.29, 0.717) is 24.6 Å². The monoisotopic (exact) mass is 410 g/mol. The Bertz CT molecular complexity index is 982. The van der Waals surface area contributed by atoms with Gasteiger partial charge in [0, 0.05) is 31.3 Å². The molecule has 0 radical (unpaired) electrons. The highest BCUT2D eigenvalue weighted by Crippen LogP contribution is 2.26. The summed E-state index contributed by atoms with van der Waals surface area (Å²) in [6.45, 7) is 5.72. The molecule has 0 saturated heterocycles. The van der Waals surface area contributed by atoms with E-state index < -0.39 is 40.7 Å². The number of nitrogens with zero attached hydrogens (tertiary/aromatic N) is 3. The zero-order valence-corrected chi connectivity index (χ0v) is 16.5. The third kappa shape index (κ3) is 4.20. The molecule has 10 heteroatoms. The first-order valence-corrected chi connectivity index (χ1v) is 8.95. The molecule has 156 valence electrons. The fraction of sp³-hybridized carbons (Fsp3) is 0.421. The number of amides is 2. The van der Waals surface area contributed by atoms with E-state index in [0.717, 1.165) is 11.8 Å². The molecule has 0 aliphatic carbocycles. The molecule has 0 saturated carbocycles. The number of aromatic nitrogens is 2. The number of halogens is 3. The number of hydrogen-bond acceptors (Lipinski definition) is 4. The van der Waals surface area contributed by atoms with E-state index >= 15 is 0 Å². The molecule has 3 rings (SSSR count). The van der Waals surface area contributed by atoms with Gasteiger partial charge in [-0.3, -0.25) is 9.48 Å². The van der Waals surface area contributed by atoms with Crippen molar-refractivity contribution in [3.8, 4) is 0 Å². The van der Waals surface area contributed by atoms with Gasteiger partial charge in [-0.2, -0.15) is 5.10 Å². The van der Waals surface area contributed by atoms with Crippen molar-refractivity contribution in [1.29, 1.82) is 0 Å². The van der Waals surface area contributed by atoms with Crippen LogP contribution in [0.15, 0.2) is 12.1 Å². The van der Waals surface area contributed by atoms with Crippen LogP contribution in [0.5, 0.6) is 0 Å². The van der Waals surface area contributed by atoms with Crippen LogP contribution in [0.3, 0.4) is 0 Å². The van der Waals surface area contributed by atoms with Gasteiger partial charge in [0.1, 0.15) is 5.60 Å². The van der Waals surface area contributed by atoms with Crippen molar-refractivity contribution in [2.45, 2.75) is 39.3 Å². The van der Waals surface area contributed by atoms with Gasteiger partial charge >= 0.3 is 6.09 Å². The topological polar surface area (TPSA) is 76.5 Å². The number of carbonyl (C=O) groups excluding carboxylic acids is 2. The molecular formula is C19H21F3N4O3.